The Labute approximate surface area is 99.0 Å². The number of hydrogen-bond acceptors (Lipinski definition) is 3. The first-order valence-corrected chi connectivity index (χ1v) is 7.07. The van der Waals surface area contributed by atoms with Crippen LogP contribution in [0.4, 0.5) is 0 Å². The van der Waals surface area contributed by atoms with Crippen LogP contribution >= 0.6 is 23.5 Å². The summed E-state index contributed by atoms with van der Waals surface area (Å²) in [6, 6.07) is 9.61. The van der Waals surface area contributed by atoms with E-state index in [1.807, 2.05) is 30.3 Å². The fourth-order valence-electron chi connectivity index (χ4n) is 1.62. The molecule has 0 spiro atoms. The molecule has 1 aliphatic rings. The van der Waals surface area contributed by atoms with Gasteiger partial charge in [0.1, 0.15) is 4.08 Å². The molecule has 1 saturated heterocycles. The van der Waals surface area contributed by atoms with Crippen molar-refractivity contribution in [2.45, 2.75) is 17.4 Å². The lowest BCUT2D eigenvalue weighted by atomic mass is 10.1. The van der Waals surface area contributed by atoms with Crippen LogP contribution in [0.1, 0.15) is 23.7 Å². The Morgan fingerprint density at radius 2 is 1.80 bits per heavy atom. The quantitative estimate of drug-likeness (QED) is 0.735. The van der Waals surface area contributed by atoms with Crippen LogP contribution in [0.15, 0.2) is 30.3 Å². The van der Waals surface area contributed by atoms with Crippen LogP contribution in [0.25, 0.3) is 0 Å². The Morgan fingerprint density at radius 1 is 1.20 bits per heavy atom. The van der Waals surface area contributed by atoms with Crippen molar-refractivity contribution in [1.82, 2.24) is 0 Å². The van der Waals surface area contributed by atoms with Gasteiger partial charge in [0.25, 0.3) is 0 Å². The average molecular weight is 238 g/mol. The molecule has 15 heavy (non-hydrogen) atoms. The smallest absolute Gasteiger partial charge is 0.188 e. The Bertz CT molecular complexity index is 342. The summed E-state index contributed by atoms with van der Waals surface area (Å²) < 4.78 is -0.264. The van der Waals surface area contributed by atoms with E-state index < -0.39 is 0 Å². The number of carbonyl (C=O) groups is 1. The lowest BCUT2D eigenvalue weighted by Crippen LogP contribution is -2.31. The van der Waals surface area contributed by atoms with Gasteiger partial charge in [-0.15, -0.1) is 23.5 Å². The summed E-state index contributed by atoms with van der Waals surface area (Å²) in [6.07, 6.45) is 1.22. The van der Waals surface area contributed by atoms with Crippen LogP contribution in [-0.2, 0) is 0 Å². The topological polar surface area (TPSA) is 17.1 Å². The van der Waals surface area contributed by atoms with Gasteiger partial charge in [-0.3, -0.25) is 4.79 Å². The number of carbonyl (C=O) groups excluding carboxylic acids is 1. The highest BCUT2D eigenvalue weighted by atomic mass is 32.2. The number of benzene rings is 1. The van der Waals surface area contributed by atoms with Crippen molar-refractivity contribution >= 4 is 29.3 Å². The molecule has 2 rings (SSSR count). The highest BCUT2D eigenvalue weighted by Crippen LogP contribution is 2.43. The summed E-state index contributed by atoms with van der Waals surface area (Å²) in [7, 11) is 0. The van der Waals surface area contributed by atoms with Gasteiger partial charge in [-0.25, -0.2) is 0 Å². The number of rotatable bonds is 2. The Morgan fingerprint density at radius 3 is 2.40 bits per heavy atom. The van der Waals surface area contributed by atoms with Crippen LogP contribution in [0.3, 0.4) is 0 Å². The standard InChI is InChI=1S/C12H14OS2/c1-12(14-8-5-9-15-12)11(13)10-6-3-2-4-7-10/h2-4,6-7H,5,8-9H2,1H3. The summed E-state index contributed by atoms with van der Waals surface area (Å²) in [5, 5.41) is 0. The second kappa shape index (κ2) is 4.62. The molecule has 0 aromatic heterocycles. The monoisotopic (exact) mass is 238 g/mol. The molecular weight excluding hydrogens is 224 g/mol. The van der Waals surface area contributed by atoms with Crippen molar-refractivity contribution < 1.29 is 4.79 Å². The minimum absolute atomic E-state index is 0.262. The summed E-state index contributed by atoms with van der Waals surface area (Å²) >= 11 is 3.56. The van der Waals surface area contributed by atoms with E-state index >= 15 is 0 Å². The molecule has 1 heterocycles. The number of ketones is 1. The van der Waals surface area contributed by atoms with Crippen LogP contribution in [0, 0.1) is 0 Å². The van der Waals surface area contributed by atoms with E-state index in [0.29, 0.717) is 0 Å². The molecular formula is C12H14OS2. The SMILES string of the molecule is CC1(C(=O)c2ccccc2)SCCCS1. The third-order valence-electron chi connectivity index (χ3n) is 2.49. The Balaban J connectivity index is 2.20. The third-order valence-corrected chi connectivity index (χ3v) is 5.66. The second-order valence-corrected chi connectivity index (χ2v) is 6.98. The fraction of sp³-hybridized carbons (Fsp3) is 0.417. The molecule has 0 radical (unpaired) electrons. The molecule has 0 amide bonds. The fourth-order valence-corrected chi connectivity index (χ4v) is 4.49. The van der Waals surface area contributed by atoms with Crippen molar-refractivity contribution in [3.8, 4) is 0 Å². The highest BCUT2D eigenvalue weighted by Gasteiger charge is 2.36. The van der Waals surface area contributed by atoms with E-state index in [-0.39, 0.29) is 9.86 Å². The maximum atomic E-state index is 12.3. The van der Waals surface area contributed by atoms with Crippen molar-refractivity contribution in [2.75, 3.05) is 11.5 Å². The molecule has 1 aromatic rings. The zero-order valence-electron chi connectivity index (χ0n) is 8.73. The zero-order chi connectivity index (χ0) is 10.7. The molecule has 1 nitrogen and oxygen atoms in total. The van der Waals surface area contributed by atoms with Gasteiger partial charge in [0.15, 0.2) is 5.78 Å². The largest absolute Gasteiger partial charge is 0.292 e. The molecule has 3 heteroatoms. The van der Waals surface area contributed by atoms with E-state index in [1.165, 1.54) is 6.42 Å². The minimum Gasteiger partial charge on any atom is -0.292 e. The number of hydrogen-bond donors (Lipinski definition) is 0. The van der Waals surface area contributed by atoms with Crippen molar-refractivity contribution in [3.05, 3.63) is 35.9 Å². The van der Waals surface area contributed by atoms with Crippen molar-refractivity contribution in [1.29, 1.82) is 0 Å². The van der Waals surface area contributed by atoms with Gasteiger partial charge in [-0.1, -0.05) is 30.3 Å². The number of thioether (sulfide) groups is 2. The molecule has 0 saturated carbocycles. The van der Waals surface area contributed by atoms with Gasteiger partial charge in [0.05, 0.1) is 0 Å². The zero-order valence-corrected chi connectivity index (χ0v) is 10.4. The Kier molecular flexibility index (Phi) is 3.42. The van der Waals surface area contributed by atoms with Crippen LogP contribution in [0.2, 0.25) is 0 Å². The molecule has 0 unspecified atom stereocenters. The maximum Gasteiger partial charge on any atom is 0.188 e. The Hall–Kier alpha value is -0.410. The van der Waals surface area contributed by atoms with Gasteiger partial charge < -0.3 is 0 Å². The van der Waals surface area contributed by atoms with Crippen LogP contribution in [0.5, 0.6) is 0 Å². The first-order valence-electron chi connectivity index (χ1n) is 5.10. The van der Waals surface area contributed by atoms with Gasteiger partial charge in [-0.05, 0) is 24.9 Å². The van der Waals surface area contributed by atoms with Crippen LogP contribution < -0.4 is 0 Å². The van der Waals surface area contributed by atoms with Crippen molar-refractivity contribution in [3.63, 3.8) is 0 Å². The van der Waals surface area contributed by atoms with Crippen molar-refractivity contribution in [2.24, 2.45) is 0 Å². The van der Waals surface area contributed by atoms with Gasteiger partial charge in [0.2, 0.25) is 0 Å². The normalized spacial score (nSPS) is 19.8. The van der Waals surface area contributed by atoms with Crippen LogP contribution in [-0.4, -0.2) is 21.4 Å². The summed E-state index contributed by atoms with van der Waals surface area (Å²) in [5.41, 5.74) is 0.835. The maximum absolute atomic E-state index is 12.3. The minimum atomic E-state index is -0.264. The molecule has 1 aliphatic heterocycles. The summed E-state index contributed by atoms with van der Waals surface area (Å²) in [5.74, 6) is 2.46. The molecule has 0 bridgehead atoms. The average Bonchev–Trinajstić information content (AvgIpc) is 2.30. The van der Waals surface area contributed by atoms with E-state index in [4.69, 9.17) is 0 Å². The first kappa shape index (κ1) is 11.1. The molecule has 0 aliphatic carbocycles. The first-order chi connectivity index (χ1) is 7.22. The summed E-state index contributed by atoms with van der Waals surface area (Å²) in [4.78, 5) is 12.3. The number of Topliss-reactive ketones (excluding diaryl/α,β-unsaturated/α-hetero) is 1. The lowest BCUT2D eigenvalue weighted by Gasteiger charge is -2.30. The lowest BCUT2D eigenvalue weighted by molar-refractivity contribution is 0.0983. The van der Waals surface area contributed by atoms with Gasteiger partial charge in [0, 0.05) is 5.56 Å². The molecule has 0 atom stereocenters. The van der Waals surface area contributed by atoms with E-state index in [1.54, 1.807) is 23.5 Å². The van der Waals surface area contributed by atoms with E-state index in [0.717, 1.165) is 17.1 Å². The third kappa shape index (κ3) is 2.40. The van der Waals surface area contributed by atoms with E-state index in [9.17, 15) is 4.79 Å². The highest BCUT2D eigenvalue weighted by molar-refractivity contribution is 8.19. The van der Waals surface area contributed by atoms with Gasteiger partial charge >= 0.3 is 0 Å². The van der Waals surface area contributed by atoms with E-state index in [2.05, 4.69) is 6.92 Å². The molecule has 0 N–H and O–H groups in total. The predicted molar refractivity (Wildman–Crippen MR) is 68.7 cm³/mol. The molecule has 80 valence electrons. The predicted octanol–water partition coefficient (Wildman–Crippen LogP) is 3.46. The van der Waals surface area contributed by atoms with Gasteiger partial charge in [-0.2, -0.15) is 0 Å². The molecule has 1 fully saturated rings. The summed E-state index contributed by atoms with van der Waals surface area (Å²) in [6.45, 7) is 2.05. The molecule has 1 aromatic carbocycles. The second-order valence-electron chi connectivity index (χ2n) is 3.69.